The van der Waals surface area contributed by atoms with Crippen LogP contribution >= 0.6 is 0 Å². The van der Waals surface area contributed by atoms with Crippen LogP contribution in [0.4, 0.5) is 5.69 Å². The molecule has 0 radical (unpaired) electrons. The van der Waals surface area contributed by atoms with Crippen LogP contribution in [0.25, 0.3) is 0 Å². The molecule has 0 aliphatic heterocycles. The highest BCUT2D eigenvalue weighted by atomic mass is 16.5. The van der Waals surface area contributed by atoms with E-state index < -0.39 is 0 Å². The number of rotatable bonds is 7. The van der Waals surface area contributed by atoms with Gasteiger partial charge < -0.3 is 15.4 Å². The van der Waals surface area contributed by atoms with Crippen molar-refractivity contribution in [2.75, 3.05) is 19.0 Å². The zero-order valence-corrected chi connectivity index (χ0v) is 16.5. The van der Waals surface area contributed by atoms with E-state index in [0.717, 1.165) is 11.3 Å². The van der Waals surface area contributed by atoms with Gasteiger partial charge in [0.25, 0.3) is 11.8 Å². The second kappa shape index (κ2) is 9.89. The number of nitrogens with one attached hydrogen (secondary N) is 2. The molecule has 150 valence electrons. The third-order valence-electron chi connectivity index (χ3n) is 4.53. The molecule has 3 rings (SSSR count). The van der Waals surface area contributed by atoms with E-state index in [9.17, 15) is 9.59 Å². The minimum Gasteiger partial charge on any atom is -0.496 e. The number of methoxy groups -OCH3 is 1. The average Bonchev–Trinajstić information content (AvgIpc) is 2.80. The van der Waals surface area contributed by atoms with Crippen LogP contribution in [-0.4, -0.2) is 25.5 Å². The lowest BCUT2D eigenvalue weighted by Crippen LogP contribution is -2.26. The lowest BCUT2D eigenvalue weighted by molar-refractivity contribution is 0.0954. The molecule has 0 atom stereocenters. The first-order valence-electron chi connectivity index (χ1n) is 9.42. The van der Waals surface area contributed by atoms with Crippen LogP contribution in [0.15, 0.2) is 72.8 Å². The summed E-state index contributed by atoms with van der Waals surface area (Å²) in [4.78, 5) is 25.0. The van der Waals surface area contributed by atoms with E-state index in [1.807, 2.05) is 30.3 Å². The lowest BCUT2D eigenvalue weighted by atomic mass is 10.1. The number of amides is 2. The fourth-order valence-electron chi connectivity index (χ4n) is 2.96. The minimum absolute atomic E-state index is 0.252. The van der Waals surface area contributed by atoms with Crippen molar-refractivity contribution in [3.8, 4) is 11.8 Å². The standard InChI is InChI=1S/C24H21N3O3/c1-30-22-8-3-2-5-18(22)13-14-26-23(28)19-6-4-7-20(15-19)24(29)27-21-11-9-17(16-25)10-12-21/h2-12,15H,13-14H2,1H3,(H,26,28)(H,27,29). The van der Waals surface area contributed by atoms with Crippen LogP contribution in [0.3, 0.4) is 0 Å². The summed E-state index contributed by atoms with van der Waals surface area (Å²) in [6.45, 7) is 0.445. The van der Waals surface area contributed by atoms with E-state index in [-0.39, 0.29) is 11.8 Å². The molecule has 6 nitrogen and oxygen atoms in total. The molecule has 2 N–H and O–H groups in total. The number of para-hydroxylation sites is 1. The largest absolute Gasteiger partial charge is 0.496 e. The highest BCUT2D eigenvalue weighted by Gasteiger charge is 2.11. The average molecular weight is 399 g/mol. The normalized spacial score (nSPS) is 10.0. The number of hydrogen-bond donors (Lipinski definition) is 2. The molecular weight excluding hydrogens is 378 g/mol. The van der Waals surface area contributed by atoms with Crippen LogP contribution < -0.4 is 15.4 Å². The predicted molar refractivity (Wildman–Crippen MR) is 115 cm³/mol. The van der Waals surface area contributed by atoms with Crippen molar-refractivity contribution in [1.29, 1.82) is 5.26 Å². The Bertz CT molecular complexity index is 1090. The topological polar surface area (TPSA) is 91.2 Å². The Labute approximate surface area is 175 Å². The number of nitriles is 1. The maximum absolute atomic E-state index is 12.5. The van der Waals surface area contributed by atoms with Crippen LogP contribution in [0.2, 0.25) is 0 Å². The van der Waals surface area contributed by atoms with Crippen molar-refractivity contribution in [2.24, 2.45) is 0 Å². The van der Waals surface area contributed by atoms with Gasteiger partial charge in [-0.1, -0.05) is 24.3 Å². The van der Waals surface area contributed by atoms with Gasteiger partial charge in [-0.2, -0.15) is 5.26 Å². The Morgan fingerprint density at radius 3 is 2.33 bits per heavy atom. The Morgan fingerprint density at radius 2 is 1.63 bits per heavy atom. The fraction of sp³-hybridized carbons (Fsp3) is 0.125. The van der Waals surface area contributed by atoms with E-state index >= 15 is 0 Å². The molecule has 0 saturated heterocycles. The Kier molecular flexibility index (Phi) is 6.80. The number of benzene rings is 3. The van der Waals surface area contributed by atoms with Crippen LogP contribution in [0, 0.1) is 11.3 Å². The SMILES string of the molecule is COc1ccccc1CCNC(=O)c1cccc(C(=O)Nc2ccc(C#N)cc2)c1. The summed E-state index contributed by atoms with van der Waals surface area (Å²) < 4.78 is 5.32. The molecule has 3 aromatic carbocycles. The number of nitrogens with zero attached hydrogens (tertiary/aromatic N) is 1. The van der Waals surface area contributed by atoms with E-state index in [4.69, 9.17) is 10.00 Å². The highest BCUT2D eigenvalue weighted by Crippen LogP contribution is 2.17. The predicted octanol–water partition coefficient (Wildman–Crippen LogP) is 3.79. The van der Waals surface area contributed by atoms with Crippen molar-refractivity contribution in [1.82, 2.24) is 5.32 Å². The first-order chi connectivity index (χ1) is 14.6. The smallest absolute Gasteiger partial charge is 0.255 e. The quantitative estimate of drug-likeness (QED) is 0.632. The van der Waals surface area contributed by atoms with Gasteiger partial charge in [0.1, 0.15) is 5.75 Å². The molecule has 6 heteroatoms. The van der Waals surface area contributed by atoms with Gasteiger partial charge in [0.2, 0.25) is 0 Å². The zero-order chi connectivity index (χ0) is 21.3. The van der Waals surface area contributed by atoms with Gasteiger partial charge in [-0.3, -0.25) is 9.59 Å². The molecule has 2 amide bonds. The van der Waals surface area contributed by atoms with Crippen molar-refractivity contribution < 1.29 is 14.3 Å². The zero-order valence-electron chi connectivity index (χ0n) is 16.5. The van der Waals surface area contributed by atoms with Gasteiger partial charge in [-0.15, -0.1) is 0 Å². The van der Waals surface area contributed by atoms with Crippen molar-refractivity contribution >= 4 is 17.5 Å². The summed E-state index contributed by atoms with van der Waals surface area (Å²) in [6, 6.07) is 22.8. The third kappa shape index (κ3) is 5.24. The molecule has 0 saturated carbocycles. The Hall–Kier alpha value is -4.11. The van der Waals surface area contributed by atoms with Crippen molar-refractivity contribution in [2.45, 2.75) is 6.42 Å². The number of carbonyl (C=O) groups is 2. The molecule has 0 bridgehead atoms. The molecular formula is C24H21N3O3. The Morgan fingerprint density at radius 1 is 0.933 bits per heavy atom. The van der Waals surface area contributed by atoms with Crippen molar-refractivity contribution in [3.05, 3.63) is 95.1 Å². The monoisotopic (exact) mass is 399 g/mol. The molecule has 0 heterocycles. The maximum Gasteiger partial charge on any atom is 0.255 e. The molecule has 0 fully saturated rings. The van der Waals surface area contributed by atoms with Crippen LogP contribution in [0.1, 0.15) is 31.8 Å². The minimum atomic E-state index is -0.330. The summed E-state index contributed by atoms with van der Waals surface area (Å²) in [7, 11) is 1.62. The van der Waals surface area contributed by atoms with Gasteiger partial charge >= 0.3 is 0 Å². The summed E-state index contributed by atoms with van der Waals surface area (Å²) in [6.07, 6.45) is 0.634. The first kappa shape index (κ1) is 20.6. The summed E-state index contributed by atoms with van der Waals surface area (Å²) >= 11 is 0. The van der Waals surface area contributed by atoms with E-state index in [2.05, 4.69) is 10.6 Å². The third-order valence-corrected chi connectivity index (χ3v) is 4.53. The number of carbonyl (C=O) groups excluding carboxylic acids is 2. The molecule has 0 aromatic heterocycles. The molecule has 0 unspecified atom stereocenters. The molecule has 0 aliphatic rings. The number of anilines is 1. The second-order valence-corrected chi connectivity index (χ2v) is 6.54. The lowest BCUT2D eigenvalue weighted by Gasteiger charge is -2.10. The summed E-state index contributed by atoms with van der Waals surface area (Å²) in [5, 5.41) is 14.5. The van der Waals surface area contributed by atoms with Crippen molar-refractivity contribution in [3.63, 3.8) is 0 Å². The van der Waals surface area contributed by atoms with Gasteiger partial charge in [-0.05, 0) is 60.5 Å². The van der Waals surface area contributed by atoms with E-state index in [0.29, 0.717) is 35.3 Å². The highest BCUT2D eigenvalue weighted by molar-refractivity contribution is 6.06. The van der Waals surface area contributed by atoms with Gasteiger partial charge in [-0.25, -0.2) is 0 Å². The number of ether oxygens (including phenoxy) is 1. The summed E-state index contributed by atoms with van der Waals surface area (Å²) in [5.74, 6) is 0.203. The molecule has 30 heavy (non-hydrogen) atoms. The van der Waals surface area contributed by atoms with Gasteiger partial charge in [0.05, 0.1) is 18.7 Å². The van der Waals surface area contributed by atoms with Gasteiger partial charge in [0.15, 0.2) is 0 Å². The maximum atomic E-state index is 12.5. The molecule has 0 aliphatic carbocycles. The first-order valence-corrected chi connectivity index (χ1v) is 9.42. The van der Waals surface area contributed by atoms with Crippen LogP contribution in [0.5, 0.6) is 5.75 Å². The van der Waals surface area contributed by atoms with E-state index in [1.54, 1.807) is 55.6 Å². The van der Waals surface area contributed by atoms with E-state index in [1.165, 1.54) is 0 Å². The van der Waals surface area contributed by atoms with Crippen LogP contribution in [-0.2, 0) is 6.42 Å². The summed E-state index contributed by atoms with van der Waals surface area (Å²) in [5.41, 5.74) is 2.88. The second-order valence-electron chi connectivity index (χ2n) is 6.54. The number of hydrogen-bond acceptors (Lipinski definition) is 4. The van der Waals surface area contributed by atoms with Gasteiger partial charge in [0, 0.05) is 23.4 Å². The fourth-order valence-corrected chi connectivity index (χ4v) is 2.96. The molecule has 0 spiro atoms. The Balaban J connectivity index is 1.60. The molecule has 3 aromatic rings.